The van der Waals surface area contributed by atoms with Gasteiger partial charge in [0.2, 0.25) is 0 Å². The first-order chi connectivity index (χ1) is 15.5. The van der Waals surface area contributed by atoms with Gasteiger partial charge in [0.25, 0.3) is 0 Å². The summed E-state index contributed by atoms with van der Waals surface area (Å²) in [4.78, 5) is 8.82. The summed E-state index contributed by atoms with van der Waals surface area (Å²) in [5, 5.41) is 10.6. The number of nitrogens with zero attached hydrogens (tertiary/aromatic N) is 3. The summed E-state index contributed by atoms with van der Waals surface area (Å²) in [7, 11) is 3.76. The Bertz CT molecular complexity index is 822. The highest BCUT2D eigenvalue weighted by molar-refractivity contribution is 5.43. The average Bonchev–Trinajstić information content (AvgIpc) is 2.76. The number of likely N-dealkylation sites (tertiary alicyclic amines) is 1. The quantitative estimate of drug-likeness (QED) is 0.601. The van der Waals surface area contributed by atoms with E-state index in [1.165, 1.54) is 43.2 Å². The molecular weight excluding hydrogens is 402 g/mol. The van der Waals surface area contributed by atoms with E-state index in [0.29, 0.717) is 18.0 Å². The number of rotatable bonds is 10. The van der Waals surface area contributed by atoms with E-state index in [9.17, 15) is 5.11 Å². The Labute approximate surface area is 193 Å². The lowest BCUT2D eigenvalue weighted by Crippen LogP contribution is -2.37. The third kappa shape index (κ3) is 7.76. The number of hydrogen-bond donors (Lipinski definition) is 1. The van der Waals surface area contributed by atoms with E-state index in [1.54, 1.807) is 7.11 Å². The van der Waals surface area contributed by atoms with Crippen molar-refractivity contribution in [1.29, 1.82) is 0 Å². The largest absolute Gasteiger partial charge is 0.493 e. The second kappa shape index (κ2) is 12.8. The second-order valence-electron chi connectivity index (χ2n) is 8.99. The van der Waals surface area contributed by atoms with Crippen molar-refractivity contribution in [1.82, 2.24) is 14.8 Å². The molecule has 1 atom stereocenters. The molecule has 3 rings (SSSR count). The molecule has 1 aliphatic rings. The average molecular weight is 442 g/mol. The molecule has 1 fully saturated rings. The maximum absolute atomic E-state index is 10.6. The Morgan fingerprint density at radius 2 is 1.81 bits per heavy atom. The fourth-order valence-corrected chi connectivity index (χ4v) is 4.30. The Kier molecular flexibility index (Phi) is 9.78. The first-order valence-corrected chi connectivity index (χ1v) is 11.8. The monoisotopic (exact) mass is 441 g/mol. The van der Waals surface area contributed by atoms with Crippen LogP contribution < -0.4 is 9.47 Å². The number of aromatic nitrogens is 1. The van der Waals surface area contributed by atoms with Crippen molar-refractivity contribution in [3.05, 3.63) is 53.3 Å². The highest BCUT2D eigenvalue weighted by Gasteiger charge is 2.15. The molecule has 0 spiro atoms. The zero-order valence-electron chi connectivity index (χ0n) is 19.9. The van der Waals surface area contributed by atoms with Crippen LogP contribution >= 0.6 is 0 Å². The number of methoxy groups -OCH3 is 1. The van der Waals surface area contributed by atoms with Gasteiger partial charge in [0, 0.05) is 32.0 Å². The Hall–Kier alpha value is -2.15. The van der Waals surface area contributed by atoms with Gasteiger partial charge in [0.15, 0.2) is 11.5 Å². The number of hydrogen-bond acceptors (Lipinski definition) is 6. The van der Waals surface area contributed by atoms with Crippen molar-refractivity contribution >= 4 is 0 Å². The zero-order chi connectivity index (χ0) is 22.8. The fourth-order valence-electron chi connectivity index (χ4n) is 4.30. The Balaban J connectivity index is 1.55. The summed E-state index contributed by atoms with van der Waals surface area (Å²) in [5.74, 6) is 1.38. The molecule has 6 nitrogen and oxygen atoms in total. The van der Waals surface area contributed by atoms with Crippen LogP contribution in [0.4, 0.5) is 0 Å². The van der Waals surface area contributed by atoms with Crippen LogP contribution in [0.5, 0.6) is 11.5 Å². The van der Waals surface area contributed by atoms with Crippen LogP contribution in [-0.2, 0) is 13.1 Å². The van der Waals surface area contributed by atoms with Gasteiger partial charge in [-0.1, -0.05) is 25.3 Å². The number of aliphatic hydroxyl groups is 1. The van der Waals surface area contributed by atoms with Gasteiger partial charge in [-0.3, -0.25) is 9.88 Å². The normalized spacial score (nSPS) is 16.4. The van der Waals surface area contributed by atoms with Crippen LogP contribution in [0.1, 0.15) is 48.8 Å². The van der Waals surface area contributed by atoms with Crippen molar-refractivity contribution in [3.63, 3.8) is 0 Å². The van der Waals surface area contributed by atoms with Crippen LogP contribution in [0.25, 0.3) is 0 Å². The lowest BCUT2D eigenvalue weighted by atomic mass is 10.1. The molecule has 2 heterocycles. The minimum Gasteiger partial charge on any atom is -0.493 e. The zero-order valence-corrected chi connectivity index (χ0v) is 19.9. The van der Waals surface area contributed by atoms with E-state index in [0.717, 1.165) is 31.7 Å². The third-order valence-electron chi connectivity index (χ3n) is 6.11. The predicted molar refractivity (Wildman–Crippen MR) is 128 cm³/mol. The van der Waals surface area contributed by atoms with Crippen molar-refractivity contribution in [2.24, 2.45) is 0 Å². The van der Waals surface area contributed by atoms with Crippen molar-refractivity contribution < 1.29 is 14.6 Å². The summed E-state index contributed by atoms with van der Waals surface area (Å²) >= 11 is 0. The fraction of sp³-hybridized carbons (Fsp3) is 0.577. The SMILES string of the molecule is COc1ccc(CN(C)Cc2ccncc2C)cc1OC[C@@H](O)CN1CCCCCCC1. The van der Waals surface area contributed by atoms with Gasteiger partial charge < -0.3 is 19.5 Å². The molecule has 6 heteroatoms. The molecule has 2 aromatic rings. The van der Waals surface area contributed by atoms with Crippen LogP contribution in [0, 0.1) is 6.92 Å². The Morgan fingerprint density at radius 3 is 2.53 bits per heavy atom. The van der Waals surface area contributed by atoms with Crippen LogP contribution in [0.2, 0.25) is 0 Å². The number of benzene rings is 1. The maximum Gasteiger partial charge on any atom is 0.161 e. The molecule has 0 amide bonds. The Morgan fingerprint density at radius 1 is 1.06 bits per heavy atom. The number of β-amino-alcohol motifs (C(OH)–C–C–N with tert-alkyl or cyclic N) is 1. The number of ether oxygens (including phenoxy) is 2. The molecule has 176 valence electrons. The van der Waals surface area contributed by atoms with Crippen molar-refractivity contribution in [2.45, 2.75) is 58.2 Å². The van der Waals surface area contributed by atoms with E-state index in [-0.39, 0.29) is 6.61 Å². The number of aryl methyl sites for hydroxylation is 1. The molecule has 0 bridgehead atoms. The van der Waals surface area contributed by atoms with Gasteiger partial charge in [-0.05, 0) is 74.8 Å². The first-order valence-electron chi connectivity index (χ1n) is 11.8. The standard InChI is InChI=1S/C26H39N3O3/c1-21-16-27-12-11-23(21)18-28(2)17-22-9-10-25(31-3)26(15-22)32-20-24(30)19-29-13-7-5-4-6-8-14-29/h9-12,15-16,24,30H,4-8,13-14,17-20H2,1-3H3/t24-/m0/s1. The lowest BCUT2D eigenvalue weighted by Gasteiger charge is -2.27. The van der Waals surface area contributed by atoms with Gasteiger partial charge in [0.05, 0.1) is 7.11 Å². The predicted octanol–water partition coefficient (Wildman–Crippen LogP) is 4.04. The summed E-state index contributed by atoms with van der Waals surface area (Å²) in [6.45, 7) is 6.80. The van der Waals surface area contributed by atoms with E-state index in [2.05, 4.69) is 40.9 Å². The van der Waals surface area contributed by atoms with E-state index in [4.69, 9.17) is 9.47 Å². The molecular formula is C26H39N3O3. The second-order valence-corrected chi connectivity index (χ2v) is 8.99. The minimum absolute atomic E-state index is 0.266. The molecule has 0 saturated carbocycles. The lowest BCUT2D eigenvalue weighted by molar-refractivity contribution is 0.0644. The van der Waals surface area contributed by atoms with Crippen LogP contribution in [0.15, 0.2) is 36.7 Å². The summed E-state index contributed by atoms with van der Waals surface area (Å²) < 4.78 is 11.5. The van der Waals surface area contributed by atoms with Gasteiger partial charge in [0.1, 0.15) is 12.7 Å². The van der Waals surface area contributed by atoms with Crippen LogP contribution in [-0.4, -0.2) is 66.4 Å². The number of aliphatic hydroxyl groups excluding tert-OH is 1. The highest BCUT2D eigenvalue weighted by atomic mass is 16.5. The molecule has 1 N–H and O–H groups in total. The summed E-state index contributed by atoms with van der Waals surface area (Å²) in [5.41, 5.74) is 3.63. The smallest absolute Gasteiger partial charge is 0.161 e. The number of pyridine rings is 1. The molecule has 1 aliphatic heterocycles. The first kappa shape index (κ1) is 24.5. The molecule has 32 heavy (non-hydrogen) atoms. The van der Waals surface area contributed by atoms with Crippen LogP contribution in [0.3, 0.4) is 0 Å². The van der Waals surface area contributed by atoms with Crippen molar-refractivity contribution in [3.8, 4) is 11.5 Å². The van der Waals surface area contributed by atoms with Gasteiger partial charge >= 0.3 is 0 Å². The van der Waals surface area contributed by atoms with Gasteiger partial charge in [-0.2, -0.15) is 0 Å². The minimum atomic E-state index is -0.514. The molecule has 1 aromatic carbocycles. The van der Waals surface area contributed by atoms with E-state index >= 15 is 0 Å². The molecule has 0 radical (unpaired) electrons. The highest BCUT2D eigenvalue weighted by Crippen LogP contribution is 2.29. The molecule has 0 unspecified atom stereocenters. The summed E-state index contributed by atoms with van der Waals surface area (Å²) in [6, 6.07) is 8.11. The maximum atomic E-state index is 10.6. The molecule has 0 aliphatic carbocycles. The van der Waals surface area contributed by atoms with Gasteiger partial charge in [-0.15, -0.1) is 0 Å². The molecule has 1 saturated heterocycles. The third-order valence-corrected chi connectivity index (χ3v) is 6.11. The van der Waals surface area contributed by atoms with E-state index in [1.807, 2.05) is 24.5 Å². The van der Waals surface area contributed by atoms with Crippen molar-refractivity contribution in [2.75, 3.05) is 40.4 Å². The topological polar surface area (TPSA) is 58.1 Å². The van der Waals surface area contributed by atoms with E-state index < -0.39 is 6.10 Å². The molecule has 1 aromatic heterocycles. The van der Waals surface area contributed by atoms with Gasteiger partial charge in [-0.25, -0.2) is 0 Å². The summed E-state index contributed by atoms with van der Waals surface area (Å²) in [6.07, 6.45) is 9.60.